The molecule has 0 aliphatic heterocycles. The van der Waals surface area contributed by atoms with Crippen LogP contribution in [0.1, 0.15) is 36.8 Å². The molecule has 3 aromatic rings. The number of phenols is 1. The van der Waals surface area contributed by atoms with Crippen molar-refractivity contribution >= 4 is 33.8 Å². The van der Waals surface area contributed by atoms with Gasteiger partial charge < -0.3 is 15.3 Å². The average molecular weight is 420 g/mol. The Bertz CT molecular complexity index is 1080. The average Bonchev–Trinajstić information content (AvgIpc) is 2.80. The van der Waals surface area contributed by atoms with Crippen LogP contribution in [0, 0.1) is 0 Å². The molecule has 0 bridgehead atoms. The summed E-state index contributed by atoms with van der Waals surface area (Å²) in [5.41, 5.74) is 3.37. The van der Waals surface area contributed by atoms with Gasteiger partial charge in [-0.05, 0) is 54.7 Å². The fourth-order valence-corrected chi connectivity index (χ4v) is 4.48. The van der Waals surface area contributed by atoms with E-state index in [1.54, 1.807) is 12.1 Å². The number of aromatic nitrogens is 1. The van der Waals surface area contributed by atoms with Crippen LogP contribution in [0.5, 0.6) is 5.75 Å². The van der Waals surface area contributed by atoms with Crippen molar-refractivity contribution in [2.75, 3.05) is 7.05 Å². The standard InChI is InChI=1S/C24H25N3O2S/c1-25-23(30)24(19-14-18-6-2-3-7-21(18)26-15-19)13-5-4-8-22(24)27-29-16-17-9-11-20(28)12-10-17/h2-3,6-7,9-12,14-15,28H,4-5,8,13,16H2,1H3,(H,25,30). The Morgan fingerprint density at radius 1 is 1.20 bits per heavy atom. The summed E-state index contributed by atoms with van der Waals surface area (Å²) in [4.78, 5) is 11.2. The van der Waals surface area contributed by atoms with Gasteiger partial charge in [-0.1, -0.05) is 54.1 Å². The number of oxime groups is 1. The molecule has 2 aromatic carbocycles. The Labute approximate surface area is 181 Å². The Morgan fingerprint density at radius 3 is 2.80 bits per heavy atom. The van der Waals surface area contributed by atoms with Gasteiger partial charge in [-0.2, -0.15) is 0 Å². The van der Waals surface area contributed by atoms with Crippen molar-refractivity contribution in [1.82, 2.24) is 10.3 Å². The van der Waals surface area contributed by atoms with Gasteiger partial charge in [-0.15, -0.1) is 0 Å². The van der Waals surface area contributed by atoms with Crippen LogP contribution in [-0.4, -0.2) is 27.8 Å². The molecule has 0 spiro atoms. The molecule has 0 radical (unpaired) electrons. The number of aromatic hydroxyl groups is 1. The molecule has 0 saturated heterocycles. The lowest BCUT2D eigenvalue weighted by Crippen LogP contribution is -2.50. The zero-order chi connectivity index (χ0) is 21.0. The van der Waals surface area contributed by atoms with Gasteiger partial charge in [0.05, 0.1) is 21.6 Å². The molecule has 2 N–H and O–H groups in total. The third-order valence-corrected chi connectivity index (χ3v) is 6.30. The van der Waals surface area contributed by atoms with E-state index >= 15 is 0 Å². The zero-order valence-corrected chi connectivity index (χ0v) is 17.8. The highest BCUT2D eigenvalue weighted by atomic mass is 32.1. The highest BCUT2D eigenvalue weighted by Crippen LogP contribution is 2.39. The zero-order valence-electron chi connectivity index (χ0n) is 17.0. The first-order chi connectivity index (χ1) is 14.6. The third kappa shape index (κ3) is 3.87. The second-order valence-electron chi connectivity index (χ2n) is 7.59. The van der Waals surface area contributed by atoms with Crippen LogP contribution < -0.4 is 5.32 Å². The first-order valence-corrected chi connectivity index (χ1v) is 10.6. The van der Waals surface area contributed by atoms with Gasteiger partial charge in [-0.3, -0.25) is 4.98 Å². The molecular formula is C24H25N3O2S. The Kier molecular flexibility index (Phi) is 5.95. The second-order valence-corrected chi connectivity index (χ2v) is 7.99. The van der Waals surface area contributed by atoms with Gasteiger partial charge in [0.1, 0.15) is 12.4 Å². The number of benzene rings is 2. The molecule has 1 heterocycles. The lowest BCUT2D eigenvalue weighted by Gasteiger charge is -2.38. The molecule has 0 amide bonds. The van der Waals surface area contributed by atoms with Crippen molar-refractivity contribution < 1.29 is 9.94 Å². The molecule has 30 heavy (non-hydrogen) atoms. The maximum absolute atomic E-state index is 9.45. The van der Waals surface area contributed by atoms with E-state index in [2.05, 4.69) is 27.6 Å². The maximum Gasteiger partial charge on any atom is 0.142 e. The van der Waals surface area contributed by atoms with Crippen LogP contribution in [0.3, 0.4) is 0 Å². The lowest BCUT2D eigenvalue weighted by molar-refractivity contribution is 0.127. The fraction of sp³-hybridized carbons (Fsp3) is 0.292. The summed E-state index contributed by atoms with van der Waals surface area (Å²) in [6.45, 7) is 0.335. The second kappa shape index (κ2) is 8.79. The summed E-state index contributed by atoms with van der Waals surface area (Å²) in [7, 11) is 1.86. The smallest absolute Gasteiger partial charge is 0.142 e. The van der Waals surface area contributed by atoms with Crippen molar-refractivity contribution in [1.29, 1.82) is 0 Å². The quantitative estimate of drug-likeness (QED) is 0.456. The normalized spacial score (nSPS) is 20.2. The SMILES string of the molecule is CNC(=S)C1(c2cnc3ccccc3c2)CCCCC1=NOCc1ccc(O)cc1. The molecule has 1 atom stereocenters. The van der Waals surface area contributed by atoms with Crippen LogP contribution in [-0.2, 0) is 16.9 Å². The van der Waals surface area contributed by atoms with Crippen molar-refractivity contribution in [3.8, 4) is 5.75 Å². The van der Waals surface area contributed by atoms with E-state index in [-0.39, 0.29) is 5.75 Å². The molecule has 4 rings (SSSR count). The topological polar surface area (TPSA) is 66.7 Å². The summed E-state index contributed by atoms with van der Waals surface area (Å²) in [6, 6.07) is 17.2. The number of fused-ring (bicyclic) bond motifs is 1. The van der Waals surface area contributed by atoms with Crippen molar-refractivity contribution in [3.05, 3.63) is 71.9 Å². The molecular weight excluding hydrogens is 394 g/mol. The lowest BCUT2D eigenvalue weighted by atomic mass is 9.68. The van der Waals surface area contributed by atoms with E-state index < -0.39 is 5.41 Å². The minimum atomic E-state index is -0.520. The molecule has 5 nitrogen and oxygen atoms in total. The number of likely N-dealkylation sites (N-methyl/N-ethyl adjacent to an activating group) is 1. The van der Waals surface area contributed by atoms with Crippen molar-refractivity contribution in [3.63, 3.8) is 0 Å². The number of phenolic OH excluding ortho intramolecular Hbond substituents is 1. The van der Waals surface area contributed by atoms with E-state index in [1.807, 2.05) is 43.6 Å². The van der Waals surface area contributed by atoms with Crippen LogP contribution in [0.25, 0.3) is 10.9 Å². The predicted molar refractivity (Wildman–Crippen MR) is 124 cm³/mol. The van der Waals surface area contributed by atoms with Gasteiger partial charge in [-0.25, -0.2) is 0 Å². The van der Waals surface area contributed by atoms with Gasteiger partial charge in [0.15, 0.2) is 0 Å². The summed E-state index contributed by atoms with van der Waals surface area (Å²) in [5, 5.41) is 18.3. The molecule has 6 heteroatoms. The van der Waals surface area contributed by atoms with Crippen LogP contribution >= 0.6 is 12.2 Å². The number of hydrogen-bond donors (Lipinski definition) is 2. The predicted octanol–water partition coefficient (Wildman–Crippen LogP) is 4.87. The number of thiocarbonyl (C=S) groups is 1. The molecule has 1 fully saturated rings. The monoisotopic (exact) mass is 419 g/mol. The summed E-state index contributed by atoms with van der Waals surface area (Å²) in [6.07, 6.45) is 5.73. The number of para-hydroxylation sites is 1. The number of nitrogens with zero attached hydrogens (tertiary/aromatic N) is 2. The van der Waals surface area contributed by atoms with E-state index in [4.69, 9.17) is 17.1 Å². The van der Waals surface area contributed by atoms with E-state index in [0.717, 1.165) is 58.4 Å². The minimum Gasteiger partial charge on any atom is -0.508 e. The number of rotatable bonds is 5. The number of nitrogens with one attached hydrogen (secondary N) is 1. The summed E-state index contributed by atoms with van der Waals surface area (Å²) in [5.74, 6) is 0.236. The van der Waals surface area contributed by atoms with E-state index in [0.29, 0.717) is 6.61 Å². The largest absolute Gasteiger partial charge is 0.508 e. The summed E-state index contributed by atoms with van der Waals surface area (Å²) >= 11 is 5.82. The highest BCUT2D eigenvalue weighted by molar-refractivity contribution is 7.80. The van der Waals surface area contributed by atoms with Crippen LogP contribution in [0.4, 0.5) is 0 Å². The number of hydrogen-bond acceptors (Lipinski definition) is 5. The molecule has 1 aliphatic rings. The van der Waals surface area contributed by atoms with Gasteiger partial charge in [0.2, 0.25) is 0 Å². The third-order valence-electron chi connectivity index (χ3n) is 5.75. The maximum atomic E-state index is 9.45. The Balaban J connectivity index is 1.70. The molecule has 154 valence electrons. The van der Waals surface area contributed by atoms with Crippen molar-refractivity contribution in [2.45, 2.75) is 37.7 Å². The molecule has 1 saturated carbocycles. The first kappa shape index (κ1) is 20.3. The Hall–Kier alpha value is -2.99. The van der Waals surface area contributed by atoms with Gasteiger partial charge in [0, 0.05) is 18.6 Å². The highest BCUT2D eigenvalue weighted by Gasteiger charge is 2.44. The fourth-order valence-electron chi connectivity index (χ4n) is 4.15. The molecule has 1 aliphatic carbocycles. The van der Waals surface area contributed by atoms with Crippen LogP contribution in [0.2, 0.25) is 0 Å². The van der Waals surface area contributed by atoms with E-state index in [9.17, 15) is 5.11 Å². The number of pyridine rings is 1. The molecule has 1 unspecified atom stereocenters. The molecule has 1 aromatic heterocycles. The Morgan fingerprint density at radius 2 is 2.00 bits per heavy atom. The van der Waals surface area contributed by atoms with Gasteiger partial charge in [0.25, 0.3) is 0 Å². The van der Waals surface area contributed by atoms with Crippen LogP contribution in [0.15, 0.2) is 65.9 Å². The van der Waals surface area contributed by atoms with Crippen molar-refractivity contribution in [2.24, 2.45) is 5.16 Å². The summed E-state index contributed by atoms with van der Waals surface area (Å²) < 4.78 is 0. The first-order valence-electron chi connectivity index (χ1n) is 10.2. The minimum absolute atomic E-state index is 0.236. The van der Waals surface area contributed by atoms with Gasteiger partial charge >= 0.3 is 0 Å². The van der Waals surface area contributed by atoms with E-state index in [1.165, 1.54) is 0 Å².